The fourth-order valence-electron chi connectivity index (χ4n) is 3.11. The van der Waals surface area contributed by atoms with Crippen molar-refractivity contribution in [3.63, 3.8) is 0 Å². The number of hydrogen-bond donors (Lipinski definition) is 1. The molecule has 140 valence electrons. The number of likely N-dealkylation sites (tertiary alicyclic amines) is 1. The lowest BCUT2D eigenvalue weighted by molar-refractivity contribution is -0.141. The SMILES string of the molecule is Cc1cccc(CCN2CCC(Nc3cc(C(F)(F)F)ncn3)CC2)n1. The molecule has 0 spiro atoms. The van der Waals surface area contributed by atoms with Crippen molar-refractivity contribution in [3.05, 3.63) is 47.7 Å². The maximum atomic E-state index is 12.7. The maximum absolute atomic E-state index is 12.7. The first-order chi connectivity index (χ1) is 12.4. The lowest BCUT2D eigenvalue weighted by Crippen LogP contribution is -2.40. The Balaban J connectivity index is 1.47. The Labute approximate surface area is 150 Å². The number of halogens is 3. The molecule has 2 aromatic heterocycles. The van der Waals surface area contributed by atoms with Crippen molar-refractivity contribution in [2.75, 3.05) is 25.0 Å². The summed E-state index contributed by atoms with van der Waals surface area (Å²) in [5.74, 6) is 0.231. The number of piperidine rings is 1. The van der Waals surface area contributed by atoms with Crippen molar-refractivity contribution in [3.8, 4) is 0 Å². The summed E-state index contributed by atoms with van der Waals surface area (Å²) in [6.07, 6.45) is -0.860. The Hall–Kier alpha value is -2.22. The van der Waals surface area contributed by atoms with Crippen molar-refractivity contribution in [1.82, 2.24) is 19.9 Å². The first-order valence-corrected chi connectivity index (χ1v) is 8.71. The van der Waals surface area contributed by atoms with Gasteiger partial charge >= 0.3 is 6.18 Å². The minimum Gasteiger partial charge on any atom is -0.367 e. The smallest absolute Gasteiger partial charge is 0.367 e. The maximum Gasteiger partial charge on any atom is 0.433 e. The van der Waals surface area contributed by atoms with E-state index >= 15 is 0 Å². The molecule has 0 bridgehead atoms. The van der Waals surface area contributed by atoms with Crippen molar-refractivity contribution in [2.24, 2.45) is 0 Å². The van der Waals surface area contributed by atoms with Gasteiger partial charge in [-0.2, -0.15) is 13.2 Å². The van der Waals surface area contributed by atoms with Crippen LogP contribution in [-0.4, -0.2) is 45.5 Å². The fraction of sp³-hybridized carbons (Fsp3) is 0.500. The second kappa shape index (κ2) is 7.99. The molecule has 1 N–H and O–H groups in total. The molecule has 5 nitrogen and oxygen atoms in total. The Kier molecular flexibility index (Phi) is 5.70. The zero-order valence-corrected chi connectivity index (χ0v) is 14.6. The van der Waals surface area contributed by atoms with E-state index < -0.39 is 11.9 Å². The highest BCUT2D eigenvalue weighted by atomic mass is 19.4. The minimum atomic E-state index is -4.45. The van der Waals surface area contributed by atoms with Gasteiger partial charge in [0, 0.05) is 49.6 Å². The standard InChI is InChI=1S/C18H22F3N5/c1-13-3-2-4-14(24-13)5-8-26-9-6-15(7-10-26)25-17-11-16(18(19,20)21)22-12-23-17/h2-4,11-12,15H,5-10H2,1H3,(H,22,23,25). The number of aromatic nitrogens is 3. The average Bonchev–Trinajstić information content (AvgIpc) is 2.61. The second-order valence-corrected chi connectivity index (χ2v) is 6.57. The van der Waals surface area contributed by atoms with E-state index in [1.807, 2.05) is 25.1 Å². The predicted molar refractivity (Wildman–Crippen MR) is 92.8 cm³/mol. The number of alkyl halides is 3. The molecule has 0 atom stereocenters. The van der Waals surface area contributed by atoms with Crippen LogP contribution in [0.15, 0.2) is 30.6 Å². The molecule has 3 heterocycles. The van der Waals surface area contributed by atoms with Crippen LogP contribution in [0, 0.1) is 6.92 Å². The monoisotopic (exact) mass is 365 g/mol. The molecule has 0 saturated carbocycles. The molecule has 0 amide bonds. The third kappa shape index (κ3) is 5.14. The van der Waals surface area contributed by atoms with Gasteiger partial charge < -0.3 is 10.2 Å². The van der Waals surface area contributed by atoms with E-state index in [1.54, 1.807) is 0 Å². The highest BCUT2D eigenvalue weighted by Gasteiger charge is 2.33. The molecular weight excluding hydrogens is 343 g/mol. The first-order valence-electron chi connectivity index (χ1n) is 8.71. The van der Waals surface area contributed by atoms with Crippen molar-refractivity contribution >= 4 is 5.82 Å². The van der Waals surface area contributed by atoms with Gasteiger partial charge in [0.05, 0.1) is 0 Å². The quantitative estimate of drug-likeness (QED) is 0.881. The predicted octanol–water partition coefficient (Wildman–Crippen LogP) is 3.32. The normalized spacial score (nSPS) is 16.6. The van der Waals surface area contributed by atoms with Crippen LogP contribution in [0.25, 0.3) is 0 Å². The number of aryl methyl sites for hydroxylation is 1. The van der Waals surface area contributed by atoms with Gasteiger partial charge in [0.1, 0.15) is 17.8 Å². The minimum absolute atomic E-state index is 0.124. The molecule has 0 unspecified atom stereocenters. The summed E-state index contributed by atoms with van der Waals surface area (Å²) >= 11 is 0. The summed E-state index contributed by atoms with van der Waals surface area (Å²) in [6.45, 7) is 4.73. The van der Waals surface area contributed by atoms with Crippen LogP contribution in [0.3, 0.4) is 0 Å². The topological polar surface area (TPSA) is 53.9 Å². The van der Waals surface area contributed by atoms with E-state index in [1.165, 1.54) is 0 Å². The molecule has 0 aromatic carbocycles. The van der Waals surface area contributed by atoms with Gasteiger partial charge in [-0.05, 0) is 31.9 Å². The second-order valence-electron chi connectivity index (χ2n) is 6.57. The summed E-state index contributed by atoms with van der Waals surface area (Å²) in [7, 11) is 0. The molecule has 1 saturated heterocycles. The number of anilines is 1. The van der Waals surface area contributed by atoms with Crippen LogP contribution in [0.4, 0.5) is 19.0 Å². The number of hydrogen-bond acceptors (Lipinski definition) is 5. The number of nitrogens with one attached hydrogen (secondary N) is 1. The molecule has 8 heteroatoms. The Morgan fingerprint density at radius 1 is 1.19 bits per heavy atom. The van der Waals surface area contributed by atoms with E-state index in [4.69, 9.17) is 0 Å². The van der Waals surface area contributed by atoms with Crippen molar-refractivity contribution in [2.45, 2.75) is 38.4 Å². The summed E-state index contributed by atoms with van der Waals surface area (Å²) in [5, 5.41) is 3.11. The molecule has 2 aromatic rings. The van der Waals surface area contributed by atoms with E-state index in [2.05, 4.69) is 25.2 Å². The molecule has 26 heavy (non-hydrogen) atoms. The molecular formula is C18H22F3N5. The average molecular weight is 365 g/mol. The number of pyridine rings is 1. The van der Waals surface area contributed by atoms with Crippen LogP contribution in [0.1, 0.15) is 29.9 Å². The highest BCUT2D eigenvalue weighted by Crippen LogP contribution is 2.28. The Bertz CT molecular complexity index is 727. The van der Waals surface area contributed by atoms with E-state index in [9.17, 15) is 13.2 Å². The fourth-order valence-corrected chi connectivity index (χ4v) is 3.11. The van der Waals surface area contributed by atoms with Gasteiger partial charge in [-0.3, -0.25) is 4.98 Å². The van der Waals surface area contributed by atoms with E-state index in [-0.39, 0.29) is 11.9 Å². The number of nitrogens with zero attached hydrogens (tertiary/aromatic N) is 4. The van der Waals surface area contributed by atoms with Crippen LogP contribution >= 0.6 is 0 Å². The molecule has 0 radical (unpaired) electrons. The Morgan fingerprint density at radius 2 is 1.96 bits per heavy atom. The van der Waals surface area contributed by atoms with Gasteiger partial charge in [0.25, 0.3) is 0 Å². The lowest BCUT2D eigenvalue weighted by Gasteiger charge is -2.32. The first kappa shape index (κ1) is 18.6. The van der Waals surface area contributed by atoms with Crippen LogP contribution in [0.2, 0.25) is 0 Å². The van der Waals surface area contributed by atoms with E-state index in [0.29, 0.717) is 0 Å². The van der Waals surface area contributed by atoms with Gasteiger partial charge in [0.15, 0.2) is 0 Å². The van der Waals surface area contributed by atoms with Gasteiger partial charge in [-0.25, -0.2) is 9.97 Å². The van der Waals surface area contributed by atoms with Gasteiger partial charge in [-0.15, -0.1) is 0 Å². The highest BCUT2D eigenvalue weighted by molar-refractivity contribution is 5.36. The summed E-state index contributed by atoms with van der Waals surface area (Å²) in [5.41, 5.74) is 1.19. The summed E-state index contributed by atoms with van der Waals surface area (Å²) < 4.78 is 38.2. The van der Waals surface area contributed by atoms with Crippen molar-refractivity contribution < 1.29 is 13.2 Å². The summed E-state index contributed by atoms with van der Waals surface area (Å²) in [4.78, 5) is 14.1. The lowest BCUT2D eigenvalue weighted by atomic mass is 10.0. The Morgan fingerprint density at radius 3 is 2.65 bits per heavy atom. The summed E-state index contributed by atoms with van der Waals surface area (Å²) in [6, 6.07) is 7.13. The third-order valence-electron chi connectivity index (χ3n) is 4.53. The molecule has 3 rings (SSSR count). The largest absolute Gasteiger partial charge is 0.433 e. The molecule has 1 fully saturated rings. The van der Waals surface area contributed by atoms with Gasteiger partial charge in [0.2, 0.25) is 0 Å². The zero-order chi connectivity index (χ0) is 18.6. The molecule has 0 aliphatic carbocycles. The third-order valence-corrected chi connectivity index (χ3v) is 4.53. The number of rotatable bonds is 5. The molecule has 1 aliphatic heterocycles. The molecule has 1 aliphatic rings. The van der Waals surface area contributed by atoms with Gasteiger partial charge in [-0.1, -0.05) is 6.07 Å². The van der Waals surface area contributed by atoms with Crippen LogP contribution in [0.5, 0.6) is 0 Å². The van der Waals surface area contributed by atoms with E-state index in [0.717, 1.165) is 62.7 Å². The van der Waals surface area contributed by atoms with Crippen molar-refractivity contribution in [1.29, 1.82) is 0 Å². The zero-order valence-electron chi connectivity index (χ0n) is 14.6. The van der Waals surface area contributed by atoms with Crippen LogP contribution < -0.4 is 5.32 Å². The van der Waals surface area contributed by atoms with Crippen LogP contribution in [-0.2, 0) is 12.6 Å².